The molecule has 0 aromatic heterocycles. The van der Waals surface area contributed by atoms with E-state index in [1.807, 2.05) is 0 Å². The van der Waals surface area contributed by atoms with Crippen LogP contribution in [0.1, 0.15) is 45.4 Å². The van der Waals surface area contributed by atoms with E-state index in [1.165, 1.54) is 77.8 Å². The summed E-state index contributed by atoms with van der Waals surface area (Å²) in [6.07, 6.45) is 8.53. The molecule has 3 nitrogen and oxygen atoms in total. The molecule has 2 atom stereocenters. The van der Waals surface area contributed by atoms with E-state index in [9.17, 15) is 0 Å². The third kappa shape index (κ3) is 4.17. The van der Waals surface area contributed by atoms with E-state index < -0.39 is 0 Å². The van der Waals surface area contributed by atoms with E-state index in [4.69, 9.17) is 0 Å². The molecule has 0 spiro atoms. The maximum absolute atomic E-state index is 3.70. The van der Waals surface area contributed by atoms with Crippen molar-refractivity contribution >= 4 is 0 Å². The highest BCUT2D eigenvalue weighted by atomic mass is 15.3. The topological polar surface area (TPSA) is 18.5 Å². The van der Waals surface area contributed by atoms with E-state index in [0.717, 1.165) is 18.0 Å². The normalized spacial score (nSPS) is 32.4. The first-order chi connectivity index (χ1) is 9.31. The predicted octanol–water partition coefficient (Wildman–Crippen LogP) is 1.93. The fourth-order valence-electron chi connectivity index (χ4n) is 3.74. The van der Waals surface area contributed by atoms with Crippen molar-refractivity contribution in [1.29, 1.82) is 0 Å². The molecule has 0 radical (unpaired) electrons. The Morgan fingerprint density at radius 2 is 1.84 bits per heavy atom. The molecule has 3 rings (SSSR count). The minimum absolute atomic E-state index is 0.763. The summed E-state index contributed by atoms with van der Waals surface area (Å²) in [5.74, 6) is 1.05. The van der Waals surface area contributed by atoms with E-state index >= 15 is 0 Å². The Kier molecular flexibility index (Phi) is 4.78. The van der Waals surface area contributed by atoms with Crippen molar-refractivity contribution in [2.45, 2.75) is 57.5 Å². The first-order valence-electron chi connectivity index (χ1n) is 8.51. The zero-order chi connectivity index (χ0) is 13.1. The van der Waals surface area contributed by atoms with Gasteiger partial charge in [0.1, 0.15) is 0 Å². The zero-order valence-electron chi connectivity index (χ0n) is 12.6. The van der Waals surface area contributed by atoms with Gasteiger partial charge in [0.25, 0.3) is 0 Å². The summed E-state index contributed by atoms with van der Waals surface area (Å²) in [7, 11) is 0. The van der Waals surface area contributed by atoms with Gasteiger partial charge in [0.05, 0.1) is 0 Å². The molecule has 2 aliphatic heterocycles. The van der Waals surface area contributed by atoms with Crippen molar-refractivity contribution in [2.24, 2.45) is 5.92 Å². The predicted molar refractivity (Wildman–Crippen MR) is 80.5 cm³/mol. The first kappa shape index (κ1) is 13.8. The lowest BCUT2D eigenvalue weighted by atomic mass is 9.98. The standard InChI is InChI=1S/C16H31N3/c1-14(12-16-4-2-3-7-17-16)19-10-8-18(9-11-19)13-15-5-6-15/h14-17H,2-13H2,1H3. The van der Waals surface area contributed by atoms with E-state index in [2.05, 4.69) is 22.0 Å². The highest BCUT2D eigenvalue weighted by Gasteiger charge is 2.28. The number of nitrogens with one attached hydrogen (secondary N) is 1. The number of piperazine rings is 1. The molecule has 0 bridgehead atoms. The summed E-state index contributed by atoms with van der Waals surface area (Å²) < 4.78 is 0. The molecule has 3 aliphatic rings. The molecule has 19 heavy (non-hydrogen) atoms. The third-order valence-corrected chi connectivity index (χ3v) is 5.28. The Bertz CT molecular complexity index is 263. The van der Waals surface area contributed by atoms with Crippen LogP contribution in [-0.4, -0.2) is 61.2 Å². The Morgan fingerprint density at radius 3 is 2.47 bits per heavy atom. The lowest BCUT2D eigenvalue weighted by Crippen LogP contribution is -2.51. The van der Waals surface area contributed by atoms with Gasteiger partial charge in [-0.1, -0.05) is 6.42 Å². The number of hydrogen-bond acceptors (Lipinski definition) is 3. The molecule has 110 valence electrons. The van der Waals surface area contributed by atoms with Crippen molar-refractivity contribution in [3.05, 3.63) is 0 Å². The number of nitrogens with zero attached hydrogens (tertiary/aromatic N) is 2. The molecule has 1 saturated carbocycles. The van der Waals surface area contributed by atoms with Crippen LogP contribution < -0.4 is 5.32 Å². The second-order valence-corrected chi connectivity index (χ2v) is 7.01. The minimum atomic E-state index is 0.763. The lowest BCUT2D eigenvalue weighted by molar-refractivity contribution is 0.0898. The van der Waals surface area contributed by atoms with Crippen LogP contribution in [0.25, 0.3) is 0 Å². The highest BCUT2D eigenvalue weighted by molar-refractivity contribution is 4.84. The summed E-state index contributed by atoms with van der Waals surface area (Å²) in [5.41, 5.74) is 0. The summed E-state index contributed by atoms with van der Waals surface area (Å²) in [6, 6.07) is 1.55. The van der Waals surface area contributed by atoms with Crippen LogP contribution in [0, 0.1) is 5.92 Å². The number of hydrogen-bond donors (Lipinski definition) is 1. The van der Waals surface area contributed by atoms with Gasteiger partial charge in [-0.25, -0.2) is 0 Å². The molecule has 0 aromatic carbocycles. The molecule has 2 heterocycles. The average Bonchev–Trinajstić information content (AvgIpc) is 3.25. The van der Waals surface area contributed by atoms with Gasteiger partial charge in [-0.15, -0.1) is 0 Å². The van der Waals surface area contributed by atoms with Crippen molar-refractivity contribution in [3.63, 3.8) is 0 Å². The molecule has 3 fully saturated rings. The SMILES string of the molecule is CC(CC1CCCCN1)N1CCN(CC2CC2)CC1. The smallest absolute Gasteiger partial charge is 0.0113 e. The van der Waals surface area contributed by atoms with Crippen LogP contribution in [0.4, 0.5) is 0 Å². The van der Waals surface area contributed by atoms with Crippen LogP contribution >= 0.6 is 0 Å². The van der Waals surface area contributed by atoms with Crippen LogP contribution in [0.2, 0.25) is 0 Å². The van der Waals surface area contributed by atoms with E-state index in [1.54, 1.807) is 0 Å². The third-order valence-electron chi connectivity index (χ3n) is 5.28. The quantitative estimate of drug-likeness (QED) is 0.819. The second kappa shape index (κ2) is 6.55. The Labute approximate surface area is 118 Å². The highest BCUT2D eigenvalue weighted by Crippen LogP contribution is 2.30. The molecule has 0 amide bonds. The molecule has 1 aliphatic carbocycles. The van der Waals surface area contributed by atoms with Gasteiger partial charge < -0.3 is 10.2 Å². The molecule has 2 saturated heterocycles. The van der Waals surface area contributed by atoms with Gasteiger partial charge in [0, 0.05) is 44.8 Å². The second-order valence-electron chi connectivity index (χ2n) is 7.01. The van der Waals surface area contributed by atoms with E-state index in [0.29, 0.717) is 0 Å². The lowest BCUT2D eigenvalue weighted by Gasteiger charge is -2.39. The summed E-state index contributed by atoms with van der Waals surface area (Å²) in [6.45, 7) is 10.3. The summed E-state index contributed by atoms with van der Waals surface area (Å²) in [4.78, 5) is 5.42. The van der Waals surface area contributed by atoms with Crippen molar-refractivity contribution < 1.29 is 0 Å². The van der Waals surface area contributed by atoms with Gasteiger partial charge in [-0.3, -0.25) is 4.90 Å². The monoisotopic (exact) mass is 265 g/mol. The molecule has 1 N–H and O–H groups in total. The minimum Gasteiger partial charge on any atom is -0.314 e. The molecular formula is C16H31N3. The fourth-order valence-corrected chi connectivity index (χ4v) is 3.74. The van der Waals surface area contributed by atoms with Gasteiger partial charge in [-0.05, 0) is 51.5 Å². The van der Waals surface area contributed by atoms with Crippen LogP contribution in [0.15, 0.2) is 0 Å². The van der Waals surface area contributed by atoms with Crippen molar-refractivity contribution in [3.8, 4) is 0 Å². The molecule has 2 unspecified atom stereocenters. The van der Waals surface area contributed by atoms with Crippen molar-refractivity contribution in [1.82, 2.24) is 15.1 Å². The zero-order valence-corrected chi connectivity index (χ0v) is 12.6. The summed E-state index contributed by atoms with van der Waals surface area (Å²) in [5, 5.41) is 3.70. The maximum atomic E-state index is 3.70. The van der Waals surface area contributed by atoms with Crippen LogP contribution in [0.3, 0.4) is 0 Å². The Balaban J connectivity index is 1.37. The average molecular weight is 265 g/mol. The largest absolute Gasteiger partial charge is 0.314 e. The molecule has 0 aromatic rings. The first-order valence-corrected chi connectivity index (χ1v) is 8.51. The van der Waals surface area contributed by atoms with Gasteiger partial charge in [0.15, 0.2) is 0 Å². The maximum Gasteiger partial charge on any atom is 0.0113 e. The molecular weight excluding hydrogens is 234 g/mol. The number of rotatable bonds is 5. The van der Waals surface area contributed by atoms with Crippen molar-refractivity contribution in [2.75, 3.05) is 39.3 Å². The van der Waals surface area contributed by atoms with E-state index in [-0.39, 0.29) is 0 Å². The van der Waals surface area contributed by atoms with Crippen LogP contribution in [-0.2, 0) is 0 Å². The van der Waals surface area contributed by atoms with Gasteiger partial charge in [-0.2, -0.15) is 0 Å². The number of piperidine rings is 1. The molecule has 3 heteroatoms. The van der Waals surface area contributed by atoms with Crippen LogP contribution in [0.5, 0.6) is 0 Å². The Hall–Kier alpha value is -0.120. The Morgan fingerprint density at radius 1 is 1.05 bits per heavy atom. The fraction of sp³-hybridized carbons (Fsp3) is 1.00. The van der Waals surface area contributed by atoms with Gasteiger partial charge >= 0.3 is 0 Å². The van der Waals surface area contributed by atoms with Gasteiger partial charge in [0.2, 0.25) is 0 Å². The summed E-state index contributed by atoms with van der Waals surface area (Å²) >= 11 is 0.